The molecule has 0 amide bonds. The van der Waals surface area contributed by atoms with Gasteiger partial charge in [0.1, 0.15) is 0 Å². The largest absolute Gasteiger partial charge is 0.319 e. The highest BCUT2D eigenvalue weighted by molar-refractivity contribution is 7.89. The quantitative estimate of drug-likeness (QED) is 0.716. The second-order valence-corrected chi connectivity index (χ2v) is 7.33. The number of benzene rings is 1. The number of hydrogen-bond acceptors (Lipinski definition) is 4. The molecule has 1 unspecified atom stereocenters. The average Bonchev–Trinajstić information content (AvgIpc) is 2.43. The molecular formula is C15H27N3O2S. The van der Waals surface area contributed by atoms with Crippen LogP contribution in [-0.4, -0.2) is 53.6 Å². The fourth-order valence-corrected chi connectivity index (χ4v) is 3.23. The van der Waals surface area contributed by atoms with Crippen LogP contribution in [0.5, 0.6) is 0 Å². The first-order valence-electron chi connectivity index (χ1n) is 7.25. The number of rotatable bonds is 9. The summed E-state index contributed by atoms with van der Waals surface area (Å²) in [7, 11) is 2.43. The molecule has 0 aliphatic heterocycles. The van der Waals surface area contributed by atoms with Gasteiger partial charge in [0.05, 0.1) is 4.90 Å². The third kappa shape index (κ3) is 6.56. The molecule has 5 nitrogen and oxygen atoms in total. The van der Waals surface area contributed by atoms with Crippen molar-refractivity contribution in [3.05, 3.63) is 29.8 Å². The minimum atomic E-state index is -3.43. The molecule has 21 heavy (non-hydrogen) atoms. The molecule has 6 heteroatoms. The van der Waals surface area contributed by atoms with E-state index in [0.717, 1.165) is 31.5 Å². The van der Waals surface area contributed by atoms with Crippen molar-refractivity contribution in [2.75, 3.05) is 34.2 Å². The molecule has 1 atom stereocenters. The Hall–Kier alpha value is -0.950. The Morgan fingerprint density at radius 1 is 1.19 bits per heavy atom. The van der Waals surface area contributed by atoms with Crippen molar-refractivity contribution in [3.8, 4) is 0 Å². The van der Waals surface area contributed by atoms with Crippen LogP contribution in [0.25, 0.3) is 0 Å². The summed E-state index contributed by atoms with van der Waals surface area (Å²) in [4.78, 5) is 2.37. The van der Waals surface area contributed by atoms with Crippen molar-refractivity contribution in [2.24, 2.45) is 0 Å². The van der Waals surface area contributed by atoms with E-state index in [0.29, 0.717) is 4.90 Å². The first-order valence-corrected chi connectivity index (χ1v) is 8.74. The van der Waals surface area contributed by atoms with Crippen LogP contribution in [0.1, 0.15) is 18.9 Å². The highest BCUT2D eigenvalue weighted by Crippen LogP contribution is 2.12. The van der Waals surface area contributed by atoms with Gasteiger partial charge in [-0.15, -0.1) is 0 Å². The van der Waals surface area contributed by atoms with Crippen molar-refractivity contribution in [1.82, 2.24) is 14.9 Å². The molecule has 0 aliphatic carbocycles. The highest BCUT2D eigenvalue weighted by Gasteiger charge is 2.17. The lowest BCUT2D eigenvalue weighted by molar-refractivity contribution is 0.379. The van der Waals surface area contributed by atoms with Gasteiger partial charge >= 0.3 is 0 Å². The summed E-state index contributed by atoms with van der Waals surface area (Å²) in [6.45, 7) is 3.63. The molecule has 0 radical (unpaired) electrons. The molecule has 120 valence electrons. The van der Waals surface area contributed by atoms with Gasteiger partial charge in [0.2, 0.25) is 10.0 Å². The molecular weight excluding hydrogens is 286 g/mol. The normalized spacial score (nSPS) is 13.6. The predicted octanol–water partition coefficient (Wildman–Crippen LogP) is 1.07. The van der Waals surface area contributed by atoms with E-state index in [1.54, 1.807) is 12.1 Å². The Morgan fingerprint density at radius 2 is 1.81 bits per heavy atom. The maximum absolute atomic E-state index is 12.3. The Bertz CT molecular complexity index is 512. The van der Waals surface area contributed by atoms with Gasteiger partial charge in [0.15, 0.2) is 0 Å². The smallest absolute Gasteiger partial charge is 0.240 e. The molecule has 0 saturated heterocycles. The van der Waals surface area contributed by atoms with E-state index < -0.39 is 10.0 Å². The van der Waals surface area contributed by atoms with Gasteiger partial charge in [-0.1, -0.05) is 12.1 Å². The Labute approximate surface area is 128 Å². The summed E-state index contributed by atoms with van der Waals surface area (Å²) in [5, 5.41) is 3.08. The highest BCUT2D eigenvalue weighted by atomic mass is 32.2. The van der Waals surface area contributed by atoms with Crippen LogP contribution >= 0.6 is 0 Å². The van der Waals surface area contributed by atoms with Gasteiger partial charge in [-0.05, 0) is 71.7 Å². The number of nitrogens with zero attached hydrogens (tertiary/aromatic N) is 1. The zero-order valence-corrected chi connectivity index (χ0v) is 14.2. The van der Waals surface area contributed by atoms with Gasteiger partial charge in [-0.3, -0.25) is 0 Å². The van der Waals surface area contributed by atoms with Gasteiger partial charge in [0.25, 0.3) is 0 Å². The van der Waals surface area contributed by atoms with Crippen LogP contribution in [0.15, 0.2) is 29.2 Å². The summed E-state index contributed by atoms with van der Waals surface area (Å²) < 4.78 is 27.3. The van der Waals surface area contributed by atoms with Crippen molar-refractivity contribution in [3.63, 3.8) is 0 Å². The zero-order chi connectivity index (χ0) is 15.9. The Morgan fingerprint density at radius 3 is 2.33 bits per heavy atom. The summed E-state index contributed by atoms with van der Waals surface area (Å²) in [5.41, 5.74) is 1.13. The molecule has 1 rings (SSSR count). The van der Waals surface area contributed by atoms with E-state index >= 15 is 0 Å². The van der Waals surface area contributed by atoms with E-state index in [2.05, 4.69) is 10.0 Å². The monoisotopic (exact) mass is 313 g/mol. The van der Waals surface area contributed by atoms with Gasteiger partial charge < -0.3 is 10.2 Å². The summed E-state index contributed by atoms with van der Waals surface area (Å²) in [5.74, 6) is 0. The second kappa shape index (κ2) is 8.48. The second-order valence-electron chi connectivity index (χ2n) is 5.61. The maximum Gasteiger partial charge on any atom is 0.240 e. The molecule has 1 aromatic carbocycles. The van der Waals surface area contributed by atoms with Crippen molar-refractivity contribution in [2.45, 2.75) is 30.7 Å². The minimum Gasteiger partial charge on any atom is -0.319 e. The third-order valence-electron chi connectivity index (χ3n) is 3.26. The number of hydrogen-bond donors (Lipinski definition) is 2. The number of likely N-dealkylation sites (N-methyl/N-ethyl adjacent to an activating group) is 1. The standard InChI is InChI=1S/C15H27N3O2S/c1-13(10-12-18(3)4)17-21(19,20)15-7-5-14(6-8-15)9-11-16-2/h5-8,13,16-17H,9-12H2,1-4H3. The molecule has 0 spiro atoms. The molecule has 0 heterocycles. The average molecular weight is 313 g/mol. The SMILES string of the molecule is CNCCc1ccc(S(=O)(=O)NC(C)CCN(C)C)cc1. The zero-order valence-electron chi connectivity index (χ0n) is 13.4. The van der Waals surface area contributed by atoms with Gasteiger partial charge in [-0.25, -0.2) is 13.1 Å². The van der Waals surface area contributed by atoms with Crippen molar-refractivity contribution >= 4 is 10.0 Å². The van der Waals surface area contributed by atoms with Gasteiger partial charge in [0, 0.05) is 6.04 Å². The first kappa shape index (κ1) is 18.1. The van der Waals surface area contributed by atoms with Crippen LogP contribution in [0.2, 0.25) is 0 Å². The lowest BCUT2D eigenvalue weighted by atomic mass is 10.1. The molecule has 0 bridgehead atoms. The fourth-order valence-electron chi connectivity index (χ4n) is 1.95. The maximum atomic E-state index is 12.3. The van der Waals surface area contributed by atoms with Crippen LogP contribution in [0, 0.1) is 0 Å². The lowest BCUT2D eigenvalue weighted by Crippen LogP contribution is -2.34. The Kier molecular flexibility index (Phi) is 7.31. The molecule has 1 aromatic rings. The van der Waals surface area contributed by atoms with E-state index in [1.807, 2.05) is 45.1 Å². The molecule has 0 fully saturated rings. The lowest BCUT2D eigenvalue weighted by Gasteiger charge is -2.17. The topological polar surface area (TPSA) is 61.4 Å². The van der Waals surface area contributed by atoms with Crippen LogP contribution in [0.4, 0.5) is 0 Å². The fraction of sp³-hybridized carbons (Fsp3) is 0.600. The molecule has 2 N–H and O–H groups in total. The van der Waals surface area contributed by atoms with E-state index in [-0.39, 0.29) is 6.04 Å². The summed E-state index contributed by atoms with van der Waals surface area (Å²) in [6.07, 6.45) is 1.68. The Balaban J connectivity index is 2.65. The van der Waals surface area contributed by atoms with Crippen molar-refractivity contribution < 1.29 is 8.42 Å². The molecule has 0 aliphatic rings. The van der Waals surface area contributed by atoms with E-state index in [4.69, 9.17) is 0 Å². The molecule has 0 saturated carbocycles. The predicted molar refractivity (Wildman–Crippen MR) is 87.0 cm³/mol. The van der Waals surface area contributed by atoms with Crippen LogP contribution in [-0.2, 0) is 16.4 Å². The summed E-state index contributed by atoms with van der Waals surface area (Å²) >= 11 is 0. The van der Waals surface area contributed by atoms with Crippen molar-refractivity contribution in [1.29, 1.82) is 0 Å². The third-order valence-corrected chi connectivity index (χ3v) is 4.87. The first-order chi connectivity index (χ1) is 9.85. The van der Waals surface area contributed by atoms with Gasteiger partial charge in [-0.2, -0.15) is 0 Å². The van der Waals surface area contributed by atoms with Crippen LogP contribution < -0.4 is 10.0 Å². The molecule has 0 aromatic heterocycles. The van der Waals surface area contributed by atoms with E-state index in [1.165, 1.54) is 0 Å². The van der Waals surface area contributed by atoms with E-state index in [9.17, 15) is 8.42 Å². The number of nitrogens with one attached hydrogen (secondary N) is 2. The number of sulfonamides is 1. The minimum absolute atomic E-state index is 0.0821. The van der Waals surface area contributed by atoms with Crippen LogP contribution in [0.3, 0.4) is 0 Å². The summed E-state index contributed by atoms with van der Waals surface area (Å²) in [6, 6.07) is 7.01.